The van der Waals surface area contributed by atoms with Crippen molar-refractivity contribution in [1.29, 1.82) is 0 Å². The normalized spacial score (nSPS) is 14.5. The Labute approximate surface area is 171 Å². The third-order valence-electron chi connectivity index (χ3n) is 4.15. The molecular weight excluding hydrogens is 396 g/mol. The van der Waals surface area contributed by atoms with Gasteiger partial charge in [0.15, 0.2) is 10.2 Å². The molecule has 4 rings (SSSR count). The first kappa shape index (κ1) is 18.6. The third kappa shape index (κ3) is 4.56. The molecule has 9 heteroatoms. The number of carbonyl (C=O) groups is 1. The second kappa shape index (κ2) is 8.51. The molecule has 2 aromatic heterocycles. The topological polar surface area (TPSA) is 79.6 Å². The van der Waals surface area contributed by atoms with Crippen molar-refractivity contribution >= 4 is 61.7 Å². The first-order valence-electron chi connectivity index (χ1n) is 8.74. The largest absolute Gasteiger partial charge is 0.465 e. The molecule has 1 saturated heterocycles. The maximum absolute atomic E-state index is 11.9. The molecule has 7 nitrogen and oxygen atoms in total. The lowest BCUT2D eigenvalue weighted by atomic mass is 10.2. The summed E-state index contributed by atoms with van der Waals surface area (Å²) in [5.41, 5.74) is 2.04. The summed E-state index contributed by atoms with van der Waals surface area (Å²) in [6, 6.07) is 9.69. The van der Waals surface area contributed by atoms with Gasteiger partial charge in [0.1, 0.15) is 5.76 Å². The predicted octanol–water partition coefficient (Wildman–Crippen LogP) is 3.25. The zero-order chi connectivity index (χ0) is 19.3. The van der Waals surface area contributed by atoms with Crippen LogP contribution in [-0.4, -0.2) is 42.3 Å². The van der Waals surface area contributed by atoms with E-state index >= 15 is 0 Å². The fourth-order valence-corrected chi connectivity index (χ4v) is 3.98. The van der Waals surface area contributed by atoms with Gasteiger partial charge in [0.25, 0.3) is 0 Å². The molecule has 3 aromatic rings. The molecule has 1 aliphatic rings. The average molecular weight is 415 g/mol. The molecule has 0 saturated carbocycles. The number of amides is 1. The standard InChI is InChI=1S/C19H18N4O3S2/c24-17(6-4-14-2-1-9-26-14)21-18(27)22-19-20-15-5-3-13(12-16(15)28-19)23-7-10-25-11-8-23/h1-6,9,12H,7-8,10-11H2,(H2,20,21,22,24,27). The first-order valence-corrected chi connectivity index (χ1v) is 9.97. The summed E-state index contributed by atoms with van der Waals surface area (Å²) < 4.78 is 11.6. The van der Waals surface area contributed by atoms with Gasteiger partial charge in [0.05, 0.1) is 29.7 Å². The summed E-state index contributed by atoms with van der Waals surface area (Å²) >= 11 is 6.69. The van der Waals surface area contributed by atoms with Crippen LogP contribution in [0.3, 0.4) is 0 Å². The number of ether oxygens (including phenoxy) is 1. The summed E-state index contributed by atoms with van der Waals surface area (Å²) in [5, 5.41) is 6.40. The molecule has 28 heavy (non-hydrogen) atoms. The Kier molecular flexibility index (Phi) is 5.65. The van der Waals surface area contributed by atoms with E-state index in [9.17, 15) is 4.79 Å². The molecule has 0 aliphatic carbocycles. The minimum atomic E-state index is -0.343. The first-order chi connectivity index (χ1) is 13.7. The fraction of sp³-hybridized carbons (Fsp3) is 0.211. The van der Waals surface area contributed by atoms with Crippen LogP contribution < -0.4 is 15.5 Å². The van der Waals surface area contributed by atoms with E-state index in [0.717, 1.165) is 42.2 Å². The van der Waals surface area contributed by atoms with Crippen molar-refractivity contribution < 1.29 is 13.9 Å². The number of nitrogens with zero attached hydrogens (tertiary/aromatic N) is 2. The monoisotopic (exact) mass is 414 g/mol. The molecule has 3 heterocycles. The van der Waals surface area contributed by atoms with E-state index < -0.39 is 0 Å². The number of nitrogens with one attached hydrogen (secondary N) is 2. The van der Waals surface area contributed by atoms with Gasteiger partial charge in [-0.15, -0.1) is 0 Å². The molecule has 1 aliphatic heterocycles. The number of morpholine rings is 1. The van der Waals surface area contributed by atoms with Gasteiger partial charge in [-0.05, 0) is 48.6 Å². The summed E-state index contributed by atoms with van der Waals surface area (Å²) in [7, 11) is 0. The number of carbonyl (C=O) groups excluding carboxylic acids is 1. The Hall–Kier alpha value is -2.75. The van der Waals surface area contributed by atoms with Gasteiger partial charge in [-0.2, -0.15) is 0 Å². The van der Waals surface area contributed by atoms with Crippen molar-refractivity contribution in [2.24, 2.45) is 0 Å². The Morgan fingerprint density at radius 2 is 2.14 bits per heavy atom. The highest BCUT2D eigenvalue weighted by atomic mass is 32.1. The molecule has 0 radical (unpaired) electrons. The number of fused-ring (bicyclic) bond motifs is 1. The van der Waals surface area contributed by atoms with Crippen LogP contribution in [0.4, 0.5) is 10.8 Å². The zero-order valence-corrected chi connectivity index (χ0v) is 16.5. The fourth-order valence-electron chi connectivity index (χ4n) is 2.81. The van der Waals surface area contributed by atoms with Crippen LogP contribution >= 0.6 is 23.6 Å². The van der Waals surface area contributed by atoms with E-state index in [-0.39, 0.29) is 11.0 Å². The highest BCUT2D eigenvalue weighted by molar-refractivity contribution is 7.80. The molecule has 1 amide bonds. The van der Waals surface area contributed by atoms with Crippen molar-refractivity contribution in [3.8, 4) is 0 Å². The highest BCUT2D eigenvalue weighted by Crippen LogP contribution is 2.30. The number of thiazole rings is 1. The number of aromatic nitrogens is 1. The van der Waals surface area contributed by atoms with Gasteiger partial charge in [-0.1, -0.05) is 11.3 Å². The van der Waals surface area contributed by atoms with Gasteiger partial charge in [-0.25, -0.2) is 4.98 Å². The van der Waals surface area contributed by atoms with Gasteiger partial charge in [-0.3, -0.25) is 10.1 Å². The van der Waals surface area contributed by atoms with E-state index in [4.69, 9.17) is 21.4 Å². The molecule has 1 fully saturated rings. The van der Waals surface area contributed by atoms with Crippen LogP contribution in [0, 0.1) is 0 Å². The second-order valence-electron chi connectivity index (χ2n) is 6.06. The smallest absolute Gasteiger partial charge is 0.250 e. The van der Waals surface area contributed by atoms with Gasteiger partial charge in [0.2, 0.25) is 5.91 Å². The quantitative estimate of drug-likeness (QED) is 0.501. The number of hydrogen-bond acceptors (Lipinski definition) is 7. The maximum Gasteiger partial charge on any atom is 0.250 e. The van der Waals surface area contributed by atoms with Crippen LogP contribution in [-0.2, 0) is 9.53 Å². The molecule has 1 aromatic carbocycles. The van der Waals surface area contributed by atoms with Crippen molar-refractivity contribution in [3.05, 3.63) is 48.4 Å². The lowest BCUT2D eigenvalue weighted by Gasteiger charge is -2.28. The maximum atomic E-state index is 11.9. The summed E-state index contributed by atoms with van der Waals surface area (Å²) in [4.78, 5) is 18.8. The van der Waals surface area contributed by atoms with Crippen molar-refractivity contribution in [3.63, 3.8) is 0 Å². The molecular formula is C19H18N4O3S2. The molecule has 0 unspecified atom stereocenters. The molecule has 0 atom stereocenters. The van der Waals surface area contributed by atoms with E-state index in [2.05, 4.69) is 32.7 Å². The Balaban J connectivity index is 1.38. The Morgan fingerprint density at radius 3 is 2.93 bits per heavy atom. The highest BCUT2D eigenvalue weighted by Gasteiger charge is 2.13. The zero-order valence-electron chi connectivity index (χ0n) is 14.9. The van der Waals surface area contributed by atoms with Crippen LogP contribution in [0.2, 0.25) is 0 Å². The summed E-state index contributed by atoms with van der Waals surface area (Å²) in [5.74, 6) is 0.251. The number of hydrogen-bond donors (Lipinski definition) is 2. The summed E-state index contributed by atoms with van der Waals surface area (Å²) in [6.45, 7) is 3.26. The Bertz CT molecular complexity index is 1010. The number of benzene rings is 1. The van der Waals surface area contributed by atoms with Crippen molar-refractivity contribution in [1.82, 2.24) is 10.3 Å². The lowest BCUT2D eigenvalue weighted by Crippen LogP contribution is -2.36. The van der Waals surface area contributed by atoms with Crippen molar-refractivity contribution in [2.75, 3.05) is 36.5 Å². The van der Waals surface area contributed by atoms with E-state index in [1.165, 1.54) is 17.4 Å². The average Bonchev–Trinajstić information content (AvgIpc) is 3.35. The van der Waals surface area contributed by atoms with Gasteiger partial charge >= 0.3 is 0 Å². The van der Waals surface area contributed by atoms with Crippen LogP contribution in [0.1, 0.15) is 5.76 Å². The van der Waals surface area contributed by atoms with Crippen molar-refractivity contribution in [2.45, 2.75) is 0 Å². The number of rotatable bonds is 4. The molecule has 0 spiro atoms. The number of thiocarbonyl (C=S) groups is 1. The second-order valence-corrected chi connectivity index (χ2v) is 7.50. The van der Waals surface area contributed by atoms with E-state index in [0.29, 0.717) is 10.9 Å². The van der Waals surface area contributed by atoms with Gasteiger partial charge in [0, 0.05) is 24.9 Å². The lowest BCUT2D eigenvalue weighted by molar-refractivity contribution is -0.115. The van der Waals surface area contributed by atoms with E-state index in [1.54, 1.807) is 24.5 Å². The molecule has 0 bridgehead atoms. The predicted molar refractivity (Wildman–Crippen MR) is 115 cm³/mol. The molecule has 2 N–H and O–H groups in total. The van der Waals surface area contributed by atoms with Gasteiger partial charge < -0.3 is 19.4 Å². The number of anilines is 2. The van der Waals surface area contributed by atoms with Crippen LogP contribution in [0.25, 0.3) is 16.3 Å². The van der Waals surface area contributed by atoms with Crippen LogP contribution in [0.5, 0.6) is 0 Å². The van der Waals surface area contributed by atoms with Crippen LogP contribution in [0.15, 0.2) is 47.1 Å². The summed E-state index contributed by atoms with van der Waals surface area (Å²) in [6.07, 6.45) is 4.48. The third-order valence-corrected chi connectivity index (χ3v) is 5.29. The number of furan rings is 1. The Morgan fingerprint density at radius 1 is 1.29 bits per heavy atom. The van der Waals surface area contributed by atoms with E-state index in [1.807, 2.05) is 6.07 Å². The minimum absolute atomic E-state index is 0.196. The molecule has 144 valence electrons. The SMILES string of the molecule is O=C(C=Cc1ccco1)NC(=S)Nc1nc2ccc(N3CCOCC3)cc2s1. The minimum Gasteiger partial charge on any atom is -0.465 e.